The third-order valence-corrected chi connectivity index (χ3v) is 6.53. The van der Waals surface area contributed by atoms with Gasteiger partial charge in [0.25, 0.3) is 5.84 Å². The Morgan fingerprint density at radius 3 is 2.56 bits per heavy atom. The highest BCUT2D eigenvalue weighted by Crippen LogP contribution is 2.34. The number of rotatable bonds is 5. The van der Waals surface area contributed by atoms with E-state index in [0.717, 1.165) is 5.56 Å². The second-order valence-electron chi connectivity index (χ2n) is 5.53. The summed E-state index contributed by atoms with van der Waals surface area (Å²) in [7, 11) is -2.38. The van der Waals surface area contributed by atoms with Crippen molar-refractivity contribution < 1.29 is 17.1 Å². The average molecular weight is 400 g/mol. The molecule has 3 rings (SSSR count). The fraction of sp³-hybridized carbons (Fsp3) is 0.235. The highest BCUT2D eigenvalue weighted by Gasteiger charge is 2.34. The van der Waals surface area contributed by atoms with E-state index in [1.54, 1.807) is 0 Å². The highest BCUT2D eigenvalue weighted by molar-refractivity contribution is 7.85. The van der Waals surface area contributed by atoms with Crippen molar-refractivity contribution in [2.75, 3.05) is 20.2 Å². The van der Waals surface area contributed by atoms with Crippen molar-refractivity contribution in [1.82, 2.24) is 5.32 Å². The van der Waals surface area contributed by atoms with E-state index in [-0.39, 0.29) is 14.9 Å². The van der Waals surface area contributed by atoms with Crippen molar-refractivity contribution in [2.45, 2.75) is 11.3 Å². The van der Waals surface area contributed by atoms with E-state index in [4.69, 9.17) is 27.9 Å². The second kappa shape index (κ2) is 7.23. The van der Waals surface area contributed by atoms with Crippen molar-refractivity contribution in [3.63, 3.8) is 0 Å². The first-order valence-electron chi connectivity index (χ1n) is 7.63. The first-order chi connectivity index (χ1) is 11.9. The van der Waals surface area contributed by atoms with E-state index in [1.165, 1.54) is 23.2 Å². The number of amidine groups is 1. The lowest BCUT2D eigenvalue weighted by atomic mass is 10.1. The summed E-state index contributed by atoms with van der Waals surface area (Å²) in [6, 6.07) is 12.4. The fourth-order valence-corrected chi connectivity index (χ4v) is 5.03. The molecule has 1 heterocycles. The maximum absolute atomic E-state index is 13.1. The Labute approximate surface area is 156 Å². The lowest BCUT2D eigenvalue weighted by Crippen LogP contribution is -2.29. The molecule has 1 aliphatic heterocycles. The van der Waals surface area contributed by atoms with Crippen LogP contribution < -0.4 is 10.1 Å². The van der Waals surface area contributed by atoms with E-state index in [0.29, 0.717) is 31.1 Å². The summed E-state index contributed by atoms with van der Waals surface area (Å²) in [5.41, 5.74) is 1.02. The predicted octanol–water partition coefficient (Wildman–Crippen LogP) is 2.95. The molecule has 0 radical (unpaired) electrons. The number of sulfonamides is 1. The lowest BCUT2D eigenvalue weighted by Gasteiger charge is -2.10. The normalized spacial score (nSPS) is 14.5. The fourth-order valence-electron chi connectivity index (χ4n) is 2.71. The maximum Gasteiger partial charge on any atom is 0.332 e. The number of hydrogen-bond acceptors (Lipinski definition) is 4. The topological polar surface area (TPSA) is 58.4 Å². The van der Waals surface area contributed by atoms with Gasteiger partial charge >= 0.3 is 10.0 Å². The van der Waals surface area contributed by atoms with Crippen LogP contribution in [0.25, 0.3) is 0 Å². The Morgan fingerprint density at radius 1 is 1.16 bits per heavy atom. The van der Waals surface area contributed by atoms with Gasteiger partial charge in [-0.25, -0.2) is 0 Å². The molecular formula is C17H17Cl2N2O3S+. The minimum Gasteiger partial charge on any atom is -0.495 e. The van der Waals surface area contributed by atoms with Gasteiger partial charge in [0.05, 0.1) is 23.6 Å². The number of hydrogen-bond donors (Lipinski definition) is 1. The van der Waals surface area contributed by atoms with Crippen LogP contribution in [0.2, 0.25) is 10.0 Å². The van der Waals surface area contributed by atoms with Crippen LogP contribution in [-0.2, 0) is 16.4 Å². The summed E-state index contributed by atoms with van der Waals surface area (Å²) < 4.78 is 32.6. The molecule has 0 unspecified atom stereocenters. The van der Waals surface area contributed by atoms with E-state index >= 15 is 0 Å². The van der Waals surface area contributed by atoms with Crippen LogP contribution in [0, 0.1) is 0 Å². The number of ether oxygens (including phenoxy) is 1. The quantitative estimate of drug-likeness (QED) is 0.785. The number of methoxy groups -OCH3 is 1. The van der Waals surface area contributed by atoms with Gasteiger partial charge in [0, 0.05) is 6.07 Å². The molecular weight excluding hydrogens is 383 g/mol. The van der Waals surface area contributed by atoms with Crippen molar-refractivity contribution in [3.8, 4) is 5.75 Å². The molecule has 0 fully saturated rings. The summed E-state index contributed by atoms with van der Waals surface area (Å²) in [5.74, 6) is 0.952. The SMILES string of the molecule is COc1cc(Cl)c(S(=O)(=O)[N+]2=C(Cc3ccccc3)NCC2)cc1Cl. The Bertz CT molecular complexity index is 928. The van der Waals surface area contributed by atoms with Gasteiger partial charge in [0.15, 0.2) is 0 Å². The average Bonchev–Trinajstić information content (AvgIpc) is 3.06. The molecule has 8 heteroatoms. The molecule has 2 aromatic carbocycles. The molecule has 2 aromatic rings. The molecule has 0 atom stereocenters. The number of nitrogens with zero attached hydrogens (tertiary/aromatic N) is 1. The molecule has 5 nitrogen and oxygen atoms in total. The van der Waals surface area contributed by atoms with Crippen molar-refractivity contribution in [1.29, 1.82) is 0 Å². The van der Waals surface area contributed by atoms with Crippen LogP contribution in [-0.4, -0.2) is 38.4 Å². The summed E-state index contributed by atoms with van der Waals surface area (Å²) in [6.07, 6.45) is 0.488. The van der Waals surface area contributed by atoms with Crippen molar-refractivity contribution >= 4 is 39.1 Å². The van der Waals surface area contributed by atoms with Gasteiger partial charge < -0.3 is 4.74 Å². The molecule has 1 aliphatic rings. The molecule has 0 saturated heterocycles. The molecule has 132 valence electrons. The summed E-state index contributed by atoms with van der Waals surface area (Å²) in [4.78, 5) is -0.0331. The zero-order valence-electron chi connectivity index (χ0n) is 13.5. The minimum atomic E-state index is -3.82. The van der Waals surface area contributed by atoms with E-state index in [9.17, 15) is 8.42 Å². The molecule has 1 N–H and O–H groups in total. The Hall–Kier alpha value is -1.76. The van der Waals surface area contributed by atoms with Crippen LogP contribution in [0.4, 0.5) is 0 Å². The molecule has 0 aromatic heterocycles. The van der Waals surface area contributed by atoms with E-state index in [1.807, 2.05) is 30.3 Å². The molecule has 0 aliphatic carbocycles. The molecule has 0 spiro atoms. The van der Waals surface area contributed by atoms with Gasteiger partial charge in [-0.15, -0.1) is 3.98 Å². The van der Waals surface area contributed by atoms with Crippen LogP contribution in [0.1, 0.15) is 5.56 Å². The third kappa shape index (κ3) is 3.61. The predicted molar refractivity (Wildman–Crippen MR) is 98.5 cm³/mol. The number of benzene rings is 2. The van der Waals surface area contributed by atoms with Gasteiger partial charge in [-0.05, 0) is 11.6 Å². The molecule has 0 bridgehead atoms. The minimum absolute atomic E-state index is 0.0331. The van der Waals surface area contributed by atoms with Crippen LogP contribution in [0.3, 0.4) is 0 Å². The van der Waals surface area contributed by atoms with E-state index in [2.05, 4.69) is 5.32 Å². The first-order valence-corrected chi connectivity index (χ1v) is 9.82. The largest absolute Gasteiger partial charge is 0.495 e. The highest BCUT2D eigenvalue weighted by atomic mass is 35.5. The molecule has 0 saturated carbocycles. The Kier molecular flexibility index (Phi) is 5.22. The second-order valence-corrected chi connectivity index (χ2v) is 8.18. The van der Waals surface area contributed by atoms with Crippen molar-refractivity contribution in [3.05, 3.63) is 58.1 Å². The molecule has 0 amide bonds. The first kappa shape index (κ1) is 18.0. The van der Waals surface area contributed by atoms with Gasteiger partial charge in [-0.1, -0.05) is 53.5 Å². The summed E-state index contributed by atoms with van der Waals surface area (Å²) >= 11 is 12.3. The van der Waals surface area contributed by atoms with Gasteiger partial charge in [0.2, 0.25) is 0 Å². The van der Waals surface area contributed by atoms with Gasteiger partial charge in [0.1, 0.15) is 23.7 Å². The van der Waals surface area contributed by atoms with Gasteiger partial charge in [-0.3, -0.25) is 5.32 Å². The standard InChI is InChI=1S/C17H16Cl2N2O3S/c1-24-15-10-14(19)16(11-13(15)18)25(22,23)21-8-7-20-17(21)9-12-5-3-2-4-6-12/h2-6,10-11H,7-9H2,1H3/p+1. The zero-order chi connectivity index (χ0) is 18.0. The third-order valence-electron chi connectivity index (χ3n) is 3.93. The Balaban J connectivity index is 2.04. The van der Waals surface area contributed by atoms with Crippen molar-refractivity contribution in [2.24, 2.45) is 0 Å². The Morgan fingerprint density at radius 2 is 1.88 bits per heavy atom. The number of nitrogens with one attached hydrogen (secondary N) is 1. The van der Waals surface area contributed by atoms with Crippen LogP contribution in [0.5, 0.6) is 5.75 Å². The summed E-state index contributed by atoms with van der Waals surface area (Å²) in [6.45, 7) is 0.882. The van der Waals surface area contributed by atoms with Crippen LogP contribution in [0.15, 0.2) is 47.4 Å². The number of halogens is 2. The summed E-state index contributed by atoms with van der Waals surface area (Å²) in [5, 5.41) is 3.42. The van der Waals surface area contributed by atoms with Crippen LogP contribution >= 0.6 is 23.2 Å². The zero-order valence-corrected chi connectivity index (χ0v) is 15.8. The van der Waals surface area contributed by atoms with E-state index < -0.39 is 10.0 Å². The monoisotopic (exact) mass is 399 g/mol. The smallest absolute Gasteiger partial charge is 0.332 e. The molecule has 25 heavy (non-hydrogen) atoms. The lowest BCUT2D eigenvalue weighted by molar-refractivity contribution is -0.354. The van der Waals surface area contributed by atoms with Gasteiger partial charge in [-0.2, -0.15) is 8.42 Å². The maximum atomic E-state index is 13.1.